The van der Waals surface area contributed by atoms with Gasteiger partial charge in [-0.05, 0) is 39.0 Å². The quantitative estimate of drug-likeness (QED) is 0.671. The van der Waals surface area contributed by atoms with Crippen LogP contribution in [0.1, 0.15) is 51.0 Å². The maximum Gasteiger partial charge on any atom is 0.341 e. The number of aryl methyl sites for hydroxylation is 2. The molecule has 0 aliphatic carbocycles. The van der Waals surface area contributed by atoms with Gasteiger partial charge in [0.2, 0.25) is 0 Å². The van der Waals surface area contributed by atoms with E-state index >= 15 is 0 Å². The van der Waals surface area contributed by atoms with Gasteiger partial charge in [0, 0.05) is 10.6 Å². The van der Waals surface area contributed by atoms with Gasteiger partial charge in [0.05, 0.1) is 11.6 Å². The van der Waals surface area contributed by atoms with Gasteiger partial charge in [0.15, 0.2) is 5.76 Å². The monoisotopic (exact) mass is 388 g/mol. The Labute approximate surface area is 159 Å². The lowest BCUT2D eigenvalue weighted by atomic mass is 10.0. The van der Waals surface area contributed by atoms with Gasteiger partial charge in [-0.3, -0.25) is 4.79 Å². The number of aromatic nitrogens is 1. The van der Waals surface area contributed by atoms with E-state index < -0.39 is 17.9 Å². The number of halogens is 1. The number of aromatic carboxylic acids is 1. The molecule has 0 saturated heterocycles. The Morgan fingerprint density at radius 3 is 2.44 bits per heavy atom. The Morgan fingerprint density at radius 2 is 1.89 bits per heavy atom. The lowest BCUT2D eigenvalue weighted by Gasteiger charge is -2.11. The zero-order chi connectivity index (χ0) is 19.7. The van der Waals surface area contributed by atoms with Crippen LogP contribution in [0.15, 0.2) is 39.3 Å². The topological polar surface area (TPSA) is 106 Å². The first-order valence-electron chi connectivity index (χ1n) is 8.14. The lowest BCUT2D eigenvalue weighted by Crippen LogP contribution is -2.27. The SMILES string of the molecule is Cc1cc(C(=O)NC(C)c2onc(-c3ccc(Cl)cc3)c2C(=O)O)c(C)o1. The van der Waals surface area contributed by atoms with Crippen LogP contribution in [0.5, 0.6) is 0 Å². The Bertz CT molecular complexity index is 1000. The van der Waals surface area contributed by atoms with E-state index in [9.17, 15) is 14.7 Å². The number of hydrogen-bond donors (Lipinski definition) is 2. The molecule has 0 aliphatic rings. The summed E-state index contributed by atoms with van der Waals surface area (Å²) in [6, 6.07) is 7.47. The summed E-state index contributed by atoms with van der Waals surface area (Å²) < 4.78 is 10.6. The van der Waals surface area contributed by atoms with Gasteiger partial charge < -0.3 is 19.4 Å². The number of hydrogen-bond acceptors (Lipinski definition) is 5. The van der Waals surface area contributed by atoms with Gasteiger partial charge in [-0.15, -0.1) is 0 Å². The molecule has 2 heterocycles. The summed E-state index contributed by atoms with van der Waals surface area (Å²) in [5.74, 6) is -0.444. The fourth-order valence-corrected chi connectivity index (χ4v) is 2.93. The molecule has 1 aromatic carbocycles. The van der Waals surface area contributed by atoms with Crippen LogP contribution < -0.4 is 5.32 Å². The van der Waals surface area contributed by atoms with E-state index in [-0.39, 0.29) is 17.0 Å². The number of carboxylic acid groups (broad SMARTS) is 1. The second-order valence-corrected chi connectivity index (χ2v) is 6.54. The van der Waals surface area contributed by atoms with Gasteiger partial charge in [-0.25, -0.2) is 4.79 Å². The van der Waals surface area contributed by atoms with Crippen LogP contribution in [0.25, 0.3) is 11.3 Å². The third-order valence-electron chi connectivity index (χ3n) is 4.08. The van der Waals surface area contributed by atoms with Crippen LogP contribution >= 0.6 is 11.6 Å². The summed E-state index contributed by atoms with van der Waals surface area (Å²) in [6.45, 7) is 5.05. The summed E-state index contributed by atoms with van der Waals surface area (Å²) in [6.07, 6.45) is 0. The minimum Gasteiger partial charge on any atom is -0.477 e. The van der Waals surface area contributed by atoms with E-state index in [0.717, 1.165) is 0 Å². The minimum atomic E-state index is -1.20. The lowest BCUT2D eigenvalue weighted by molar-refractivity contribution is 0.0692. The number of furan rings is 1. The van der Waals surface area contributed by atoms with Crippen LogP contribution in [0, 0.1) is 13.8 Å². The van der Waals surface area contributed by atoms with Crippen molar-refractivity contribution in [3.8, 4) is 11.3 Å². The van der Waals surface area contributed by atoms with Crippen molar-refractivity contribution in [1.29, 1.82) is 0 Å². The number of rotatable bonds is 5. The van der Waals surface area contributed by atoms with E-state index in [4.69, 9.17) is 20.5 Å². The Balaban J connectivity index is 1.92. The number of amides is 1. The fraction of sp³-hybridized carbons (Fsp3) is 0.211. The summed E-state index contributed by atoms with van der Waals surface area (Å²) >= 11 is 5.87. The second kappa shape index (κ2) is 7.28. The molecule has 0 saturated carbocycles. The van der Waals surface area contributed by atoms with Crippen molar-refractivity contribution >= 4 is 23.5 Å². The summed E-state index contributed by atoms with van der Waals surface area (Å²) in [4.78, 5) is 24.3. The van der Waals surface area contributed by atoms with Crippen LogP contribution in [-0.2, 0) is 0 Å². The molecule has 8 heteroatoms. The van der Waals surface area contributed by atoms with E-state index in [1.807, 2.05) is 0 Å². The van der Waals surface area contributed by atoms with Gasteiger partial charge in [-0.2, -0.15) is 0 Å². The van der Waals surface area contributed by atoms with Crippen LogP contribution in [-0.4, -0.2) is 22.1 Å². The van der Waals surface area contributed by atoms with Gasteiger partial charge in [0.1, 0.15) is 22.8 Å². The molecular formula is C19H17ClN2O5. The molecule has 1 amide bonds. The van der Waals surface area contributed by atoms with Crippen molar-refractivity contribution in [2.24, 2.45) is 0 Å². The molecule has 2 aromatic heterocycles. The van der Waals surface area contributed by atoms with Crippen molar-refractivity contribution in [1.82, 2.24) is 10.5 Å². The van der Waals surface area contributed by atoms with Crippen molar-refractivity contribution in [3.05, 3.63) is 63.8 Å². The van der Waals surface area contributed by atoms with Crippen molar-refractivity contribution in [2.45, 2.75) is 26.8 Å². The molecule has 0 aliphatic heterocycles. The summed E-state index contributed by atoms with van der Waals surface area (Å²) in [5, 5.41) is 16.8. The number of nitrogens with one attached hydrogen (secondary N) is 1. The average molecular weight is 389 g/mol. The third-order valence-corrected chi connectivity index (χ3v) is 4.33. The van der Waals surface area contributed by atoms with Crippen LogP contribution in [0.4, 0.5) is 0 Å². The van der Waals surface area contributed by atoms with Crippen LogP contribution in [0.3, 0.4) is 0 Å². The predicted octanol–water partition coefficient (Wildman–Crippen LogP) is 4.39. The second-order valence-electron chi connectivity index (χ2n) is 6.10. The zero-order valence-electron chi connectivity index (χ0n) is 14.9. The van der Waals surface area contributed by atoms with Crippen molar-refractivity contribution in [3.63, 3.8) is 0 Å². The first-order chi connectivity index (χ1) is 12.8. The molecular weight excluding hydrogens is 372 g/mol. The standard InChI is InChI=1S/C19H17ClN2O5/c1-9-8-14(11(3)26-9)18(23)21-10(2)17-15(19(24)25)16(22-27-17)12-4-6-13(20)7-5-12/h4-8,10H,1-3H3,(H,21,23)(H,24,25). The highest BCUT2D eigenvalue weighted by molar-refractivity contribution is 6.30. The Kier molecular flexibility index (Phi) is 5.05. The highest BCUT2D eigenvalue weighted by Crippen LogP contribution is 2.30. The fourth-order valence-electron chi connectivity index (χ4n) is 2.81. The maximum absolute atomic E-state index is 12.5. The van der Waals surface area contributed by atoms with E-state index in [0.29, 0.717) is 27.7 Å². The number of nitrogens with zero attached hydrogens (tertiary/aromatic N) is 1. The molecule has 1 atom stereocenters. The number of carbonyl (C=O) groups is 2. The highest BCUT2D eigenvalue weighted by atomic mass is 35.5. The van der Waals surface area contributed by atoms with Gasteiger partial charge in [0.25, 0.3) is 5.91 Å². The Hall–Kier alpha value is -3.06. The maximum atomic E-state index is 12.5. The molecule has 27 heavy (non-hydrogen) atoms. The summed E-state index contributed by atoms with van der Waals surface area (Å²) in [7, 11) is 0. The van der Waals surface area contributed by atoms with Crippen LogP contribution in [0.2, 0.25) is 5.02 Å². The third kappa shape index (κ3) is 3.73. The predicted molar refractivity (Wildman–Crippen MR) is 98.0 cm³/mol. The van der Waals surface area contributed by atoms with E-state index in [1.165, 1.54) is 0 Å². The molecule has 0 spiro atoms. The van der Waals surface area contributed by atoms with E-state index in [1.54, 1.807) is 51.1 Å². The molecule has 3 aromatic rings. The average Bonchev–Trinajstić information content (AvgIpc) is 3.19. The summed E-state index contributed by atoms with van der Waals surface area (Å²) in [5.41, 5.74) is 0.996. The van der Waals surface area contributed by atoms with Crippen molar-refractivity contribution in [2.75, 3.05) is 0 Å². The molecule has 2 N–H and O–H groups in total. The number of carbonyl (C=O) groups excluding carboxylic acids is 1. The smallest absolute Gasteiger partial charge is 0.341 e. The minimum absolute atomic E-state index is 0.0543. The molecule has 7 nitrogen and oxygen atoms in total. The normalized spacial score (nSPS) is 12.0. The molecule has 1 unspecified atom stereocenters. The molecule has 0 fully saturated rings. The number of carboxylic acids is 1. The van der Waals surface area contributed by atoms with Crippen molar-refractivity contribution < 1.29 is 23.6 Å². The van der Waals surface area contributed by atoms with Gasteiger partial charge >= 0.3 is 5.97 Å². The zero-order valence-corrected chi connectivity index (χ0v) is 15.6. The molecule has 3 rings (SSSR count). The largest absolute Gasteiger partial charge is 0.477 e. The molecule has 0 radical (unpaired) electrons. The highest BCUT2D eigenvalue weighted by Gasteiger charge is 2.28. The van der Waals surface area contributed by atoms with Gasteiger partial charge in [-0.1, -0.05) is 28.9 Å². The van der Waals surface area contributed by atoms with E-state index in [2.05, 4.69) is 10.5 Å². The number of benzene rings is 1. The molecule has 140 valence electrons. The Morgan fingerprint density at radius 1 is 1.22 bits per heavy atom. The first-order valence-corrected chi connectivity index (χ1v) is 8.52. The first kappa shape index (κ1) is 18.7. The molecule has 0 bridgehead atoms.